The fourth-order valence-electron chi connectivity index (χ4n) is 1.68. The fourth-order valence-corrected chi connectivity index (χ4v) is 1.68. The first-order chi connectivity index (χ1) is 9.34. The van der Waals surface area contributed by atoms with Gasteiger partial charge < -0.3 is 10.3 Å². The average molecular weight is 253 g/mol. The predicted octanol–water partition coefficient (Wildman–Crippen LogP) is 1.57. The van der Waals surface area contributed by atoms with Gasteiger partial charge in [-0.05, 0) is 5.56 Å². The van der Waals surface area contributed by atoms with E-state index in [4.69, 9.17) is 10.3 Å². The van der Waals surface area contributed by atoms with Crippen molar-refractivity contribution >= 4 is 0 Å². The number of benzene rings is 1. The molecule has 3 aromatic rings. The van der Waals surface area contributed by atoms with Crippen LogP contribution in [0.5, 0.6) is 0 Å². The molecule has 2 N–H and O–H groups in total. The summed E-state index contributed by atoms with van der Waals surface area (Å²) in [6.45, 7) is 0. The van der Waals surface area contributed by atoms with Gasteiger partial charge in [0.15, 0.2) is 5.82 Å². The Morgan fingerprint density at radius 2 is 1.95 bits per heavy atom. The summed E-state index contributed by atoms with van der Waals surface area (Å²) in [5.74, 6) is 0.737. The molecule has 0 aliphatic heterocycles. The molecule has 0 amide bonds. The summed E-state index contributed by atoms with van der Waals surface area (Å²) in [6, 6.07) is 9.18. The van der Waals surface area contributed by atoms with E-state index >= 15 is 0 Å². The lowest BCUT2D eigenvalue weighted by Crippen LogP contribution is -2.13. The van der Waals surface area contributed by atoms with E-state index in [1.165, 1.54) is 0 Å². The Morgan fingerprint density at radius 3 is 2.68 bits per heavy atom. The molecule has 0 aliphatic carbocycles. The zero-order valence-electron chi connectivity index (χ0n) is 9.97. The van der Waals surface area contributed by atoms with Gasteiger partial charge in [-0.15, -0.1) is 0 Å². The van der Waals surface area contributed by atoms with E-state index in [2.05, 4.69) is 20.1 Å². The fraction of sp³-hybridized carbons (Fsp3) is 0.0769. The van der Waals surface area contributed by atoms with Gasteiger partial charge >= 0.3 is 0 Å². The van der Waals surface area contributed by atoms with Gasteiger partial charge in [-0.3, -0.25) is 4.98 Å². The average Bonchev–Trinajstić information content (AvgIpc) is 2.98. The summed E-state index contributed by atoms with van der Waals surface area (Å²) in [7, 11) is 0. The highest BCUT2D eigenvalue weighted by molar-refractivity contribution is 5.44. The Hall–Kier alpha value is -2.60. The van der Waals surface area contributed by atoms with Crippen molar-refractivity contribution in [3.63, 3.8) is 0 Å². The highest BCUT2D eigenvalue weighted by Gasteiger charge is 2.17. The lowest BCUT2D eigenvalue weighted by molar-refractivity contribution is 0.418. The SMILES string of the molecule is NC(c1ccccc1)c1noc(-c2cnccn2)n1. The third-order valence-corrected chi connectivity index (χ3v) is 2.66. The Balaban J connectivity index is 1.90. The molecule has 1 atom stereocenters. The Bertz CT molecular complexity index is 653. The minimum absolute atomic E-state index is 0.314. The summed E-state index contributed by atoms with van der Waals surface area (Å²) < 4.78 is 5.15. The number of rotatable bonds is 3. The molecule has 6 nitrogen and oxygen atoms in total. The zero-order chi connectivity index (χ0) is 13.1. The van der Waals surface area contributed by atoms with Crippen molar-refractivity contribution < 1.29 is 4.52 Å². The van der Waals surface area contributed by atoms with E-state index in [0.717, 1.165) is 5.56 Å². The zero-order valence-corrected chi connectivity index (χ0v) is 9.97. The molecule has 0 aliphatic rings. The normalized spacial score (nSPS) is 12.3. The molecule has 1 aromatic carbocycles. The van der Waals surface area contributed by atoms with Crippen molar-refractivity contribution in [1.82, 2.24) is 20.1 Å². The molecule has 0 saturated carbocycles. The Labute approximate surface area is 109 Å². The van der Waals surface area contributed by atoms with Crippen LogP contribution in [0.4, 0.5) is 0 Å². The van der Waals surface area contributed by atoms with Gasteiger partial charge in [0.25, 0.3) is 5.89 Å². The molecule has 0 radical (unpaired) electrons. The third kappa shape index (κ3) is 2.34. The van der Waals surface area contributed by atoms with Gasteiger partial charge in [0.1, 0.15) is 5.69 Å². The number of hydrogen-bond donors (Lipinski definition) is 1. The highest BCUT2D eigenvalue weighted by atomic mass is 16.5. The van der Waals surface area contributed by atoms with Crippen LogP contribution in [0.3, 0.4) is 0 Å². The molecule has 0 fully saturated rings. The molecule has 3 rings (SSSR count). The molecular weight excluding hydrogens is 242 g/mol. The van der Waals surface area contributed by atoms with E-state index in [0.29, 0.717) is 17.4 Å². The summed E-state index contributed by atoms with van der Waals surface area (Å²) >= 11 is 0. The second-order valence-corrected chi connectivity index (χ2v) is 3.94. The lowest BCUT2D eigenvalue weighted by Gasteiger charge is -2.05. The largest absolute Gasteiger partial charge is 0.332 e. The molecule has 0 saturated heterocycles. The van der Waals surface area contributed by atoms with Crippen molar-refractivity contribution in [3.8, 4) is 11.6 Å². The topological polar surface area (TPSA) is 90.7 Å². The number of nitrogens with zero attached hydrogens (tertiary/aromatic N) is 4. The minimum atomic E-state index is -0.421. The Morgan fingerprint density at radius 1 is 1.11 bits per heavy atom. The Kier molecular flexibility index (Phi) is 2.99. The van der Waals surface area contributed by atoms with Gasteiger partial charge in [0.2, 0.25) is 0 Å². The first-order valence-electron chi connectivity index (χ1n) is 5.75. The van der Waals surface area contributed by atoms with Gasteiger partial charge in [-0.2, -0.15) is 4.98 Å². The van der Waals surface area contributed by atoms with Crippen molar-refractivity contribution in [2.24, 2.45) is 5.73 Å². The van der Waals surface area contributed by atoms with Crippen LogP contribution in [0.2, 0.25) is 0 Å². The van der Waals surface area contributed by atoms with E-state index < -0.39 is 6.04 Å². The summed E-state index contributed by atoms with van der Waals surface area (Å²) in [5.41, 5.74) is 7.54. The molecular formula is C13H11N5O. The van der Waals surface area contributed by atoms with Crippen LogP contribution >= 0.6 is 0 Å². The lowest BCUT2D eigenvalue weighted by atomic mass is 10.1. The summed E-state index contributed by atoms with van der Waals surface area (Å²) in [5, 5.41) is 3.89. The van der Waals surface area contributed by atoms with Crippen LogP contribution < -0.4 is 5.73 Å². The van der Waals surface area contributed by atoms with Crippen LogP contribution in [-0.2, 0) is 0 Å². The minimum Gasteiger partial charge on any atom is -0.332 e. The number of hydrogen-bond acceptors (Lipinski definition) is 6. The summed E-state index contributed by atoms with van der Waals surface area (Å²) in [6.07, 6.45) is 4.71. The molecule has 19 heavy (non-hydrogen) atoms. The molecule has 94 valence electrons. The monoisotopic (exact) mass is 253 g/mol. The summed E-state index contributed by atoms with van der Waals surface area (Å²) in [4.78, 5) is 12.3. The second-order valence-electron chi connectivity index (χ2n) is 3.94. The highest BCUT2D eigenvalue weighted by Crippen LogP contribution is 2.19. The smallest absolute Gasteiger partial charge is 0.278 e. The molecule has 1 unspecified atom stereocenters. The molecule has 6 heteroatoms. The van der Waals surface area contributed by atoms with Crippen molar-refractivity contribution in [2.45, 2.75) is 6.04 Å². The second kappa shape index (κ2) is 4.95. The van der Waals surface area contributed by atoms with E-state index in [1.54, 1.807) is 18.6 Å². The first-order valence-corrected chi connectivity index (χ1v) is 5.75. The van der Waals surface area contributed by atoms with E-state index in [9.17, 15) is 0 Å². The van der Waals surface area contributed by atoms with Crippen LogP contribution in [0.1, 0.15) is 17.4 Å². The maximum atomic E-state index is 6.09. The van der Waals surface area contributed by atoms with E-state index in [1.807, 2.05) is 30.3 Å². The third-order valence-electron chi connectivity index (χ3n) is 2.66. The predicted molar refractivity (Wildman–Crippen MR) is 67.8 cm³/mol. The molecule has 0 bridgehead atoms. The maximum Gasteiger partial charge on any atom is 0.278 e. The van der Waals surface area contributed by atoms with Crippen molar-refractivity contribution in [1.29, 1.82) is 0 Å². The van der Waals surface area contributed by atoms with Gasteiger partial charge in [-0.25, -0.2) is 4.98 Å². The van der Waals surface area contributed by atoms with Crippen LogP contribution in [0.25, 0.3) is 11.6 Å². The molecule has 2 aromatic heterocycles. The first kappa shape index (κ1) is 11.5. The van der Waals surface area contributed by atoms with Crippen molar-refractivity contribution in [2.75, 3.05) is 0 Å². The van der Waals surface area contributed by atoms with Gasteiger partial charge in [0.05, 0.1) is 12.2 Å². The van der Waals surface area contributed by atoms with Crippen molar-refractivity contribution in [3.05, 3.63) is 60.3 Å². The van der Waals surface area contributed by atoms with Crippen LogP contribution in [0, 0.1) is 0 Å². The van der Waals surface area contributed by atoms with E-state index in [-0.39, 0.29) is 0 Å². The van der Waals surface area contributed by atoms with Crippen LogP contribution in [-0.4, -0.2) is 20.1 Å². The quantitative estimate of drug-likeness (QED) is 0.762. The van der Waals surface area contributed by atoms with Gasteiger partial charge in [-0.1, -0.05) is 35.5 Å². The number of nitrogens with two attached hydrogens (primary N) is 1. The maximum absolute atomic E-state index is 6.09. The molecule has 2 heterocycles. The number of aromatic nitrogens is 4. The standard InChI is InChI=1S/C13H11N5O/c14-11(9-4-2-1-3-5-9)12-17-13(19-18-12)10-8-15-6-7-16-10/h1-8,11H,14H2. The molecule has 0 spiro atoms. The van der Waals surface area contributed by atoms with Gasteiger partial charge in [0, 0.05) is 12.4 Å². The van der Waals surface area contributed by atoms with Crippen LogP contribution in [0.15, 0.2) is 53.4 Å².